The Morgan fingerprint density at radius 1 is 1.12 bits per heavy atom. The van der Waals surface area contributed by atoms with Crippen molar-refractivity contribution in [3.05, 3.63) is 97.4 Å². The Morgan fingerprint density at radius 3 is 2.55 bits per heavy atom. The van der Waals surface area contributed by atoms with E-state index in [1.807, 2.05) is 24.3 Å². The zero-order valence-corrected chi connectivity index (χ0v) is 20.1. The van der Waals surface area contributed by atoms with Gasteiger partial charge >= 0.3 is 6.03 Å². The second kappa shape index (κ2) is 10.6. The summed E-state index contributed by atoms with van der Waals surface area (Å²) < 4.78 is 34.4. The molecule has 0 fully saturated rings. The average molecular weight is 520 g/mol. The third-order valence-corrected chi connectivity index (χ3v) is 5.73. The molecular weight excluding hydrogens is 496 g/mol. The summed E-state index contributed by atoms with van der Waals surface area (Å²) in [5, 5.41) is 2.81. The number of carbonyl (C=O) groups excluding carboxylic acids is 1. The summed E-state index contributed by atoms with van der Waals surface area (Å²) in [4.78, 5) is 26.2. The normalized spacial score (nSPS) is 10.7. The first kappa shape index (κ1) is 24.4. The van der Waals surface area contributed by atoms with Crippen LogP contribution < -0.4 is 15.6 Å². The number of aryl methyl sites for hydroxylation is 1. The van der Waals surface area contributed by atoms with E-state index in [-0.39, 0.29) is 34.0 Å². The van der Waals surface area contributed by atoms with Gasteiger partial charge in [0.25, 0.3) is 5.56 Å². The Balaban J connectivity index is 1.76. The molecule has 174 valence electrons. The van der Waals surface area contributed by atoms with Crippen molar-refractivity contribution in [2.45, 2.75) is 26.6 Å². The van der Waals surface area contributed by atoms with Crippen LogP contribution in [-0.4, -0.2) is 29.6 Å². The topological polar surface area (TPSA) is 63.6 Å². The van der Waals surface area contributed by atoms with Crippen molar-refractivity contribution >= 4 is 22.0 Å². The van der Waals surface area contributed by atoms with E-state index in [2.05, 4.69) is 21.2 Å². The van der Waals surface area contributed by atoms with Crippen molar-refractivity contribution in [2.24, 2.45) is 0 Å². The number of aromatic nitrogens is 1. The van der Waals surface area contributed by atoms with Crippen LogP contribution in [0.5, 0.6) is 5.75 Å². The number of urea groups is 1. The smallest absolute Gasteiger partial charge is 0.317 e. The van der Waals surface area contributed by atoms with Crippen molar-refractivity contribution < 1.29 is 18.3 Å². The molecule has 0 aliphatic rings. The van der Waals surface area contributed by atoms with E-state index in [0.29, 0.717) is 18.8 Å². The van der Waals surface area contributed by atoms with E-state index < -0.39 is 11.6 Å². The third kappa shape index (κ3) is 6.19. The van der Waals surface area contributed by atoms with E-state index >= 15 is 0 Å². The summed E-state index contributed by atoms with van der Waals surface area (Å²) in [7, 11) is 3.34. The predicted octanol–water partition coefficient (Wildman–Crippen LogP) is 4.60. The van der Waals surface area contributed by atoms with Gasteiger partial charge in [0.05, 0.1) is 6.54 Å². The average Bonchev–Trinajstić information content (AvgIpc) is 2.77. The van der Waals surface area contributed by atoms with Crippen LogP contribution in [0.2, 0.25) is 0 Å². The quantitative estimate of drug-likeness (QED) is 0.496. The van der Waals surface area contributed by atoms with Crippen molar-refractivity contribution in [1.82, 2.24) is 14.8 Å². The number of hydrogen-bond donors (Lipinski definition) is 1. The van der Waals surface area contributed by atoms with Crippen LogP contribution in [0.3, 0.4) is 0 Å². The van der Waals surface area contributed by atoms with E-state index in [9.17, 15) is 18.4 Å². The first-order chi connectivity index (χ1) is 15.7. The lowest BCUT2D eigenvalue weighted by molar-refractivity contribution is 0.217. The second-order valence-corrected chi connectivity index (χ2v) is 8.55. The summed E-state index contributed by atoms with van der Waals surface area (Å²) in [6, 6.07) is 12.3. The summed E-state index contributed by atoms with van der Waals surface area (Å²) in [5.74, 6) is -1.10. The molecule has 0 saturated carbocycles. The second-order valence-electron chi connectivity index (χ2n) is 7.75. The highest BCUT2D eigenvalue weighted by molar-refractivity contribution is 9.10. The maximum atomic E-state index is 13.9. The number of amides is 2. The number of nitrogens with one attached hydrogen (secondary N) is 1. The number of rotatable bonds is 7. The molecule has 9 heteroatoms. The van der Waals surface area contributed by atoms with E-state index in [1.54, 1.807) is 31.7 Å². The molecule has 0 aliphatic carbocycles. The number of carbonyl (C=O) groups is 1. The molecule has 2 amide bonds. The molecule has 3 rings (SSSR count). The Labute approximate surface area is 198 Å². The van der Waals surface area contributed by atoms with Gasteiger partial charge in [-0.3, -0.25) is 4.79 Å². The van der Waals surface area contributed by atoms with Gasteiger partial charge in [0.1, 0.15) is 28.5 Å². The number of pyridine rings is 1. The molecular formula is C24H24BrF2N3O3. The molecule has 2 aromatic carbocycles. The van der Waals surface area contributed by atoms with Crippen molar-refractivity contribution in [2.75, 3.05) is 14.1 Å². The van der Waals surface area contributed by atoms with Gasteiger partial charge in [-0.2, -0.15) is 0 Å². The zero-order chi connectivity index (χ0) is 24.1. The largest absolute Gasteiger partial charge is 0.487 e. The van der Waals surface area contributed by atoms with Crippen LogP contribution in [0.25, 0.3) is 0 Å². The van der Waals surface area contributed by atoms with E-state index in [0.717, 1.165) is 23.3 Å². The molecule has 0 spiro atoms. The summed E-state index contributed by atoms with van der Waals surface area (Å²) in [6.45, 7) is 2.33. The Kier molecular flexibility index (Phi) is 7.86. The number of ether oxygens (including phenoxy) is 1. The van der Waals surface area contributed by atoms with Crippen LogP contribution in [0, 0.1) is 18.6 Å². The van der Waals surface area contributed by atoms with Crippen LogP contribution in [0.4, 0.5) is 13.6 Å². The molecule has 33 heavy (non-hydrogen) atoms. The number of hydrogen-bond acceptors (Lipinski definition) is 3. The lowest BCUT2D eigenvalue weighted by Gasteiger charge is -2.16. The van der Waals surface area contributed by atoms with Gasteiger partial charge < -0.3 is 19.5 Å². The fraction of sp³-hybridized carbons (Fsp3) is 0.250. The molecule has 1 heterocycles. The van der Waals surface area contributed by atoms with E-state index in [4.69, 9.17) is 4.74 Å². The first-order valence-corrected chi connectivity index (χ1v) is 10.9. The fourth-order valence-electron chi connectivity index (χ4n) is 3.17. The van der Waals surface area contributed by atoms with Crippen molar-refractivity contribution in [3.8, 4) is 5.75 Å². The SMILES string of the molecule is Cc1cc(OCc2ccc(F)cc2F)c(Br)c(=O)n1Cc1cccc(CNC(=O)N(C)C)c1. The number of benzene rings is 2. The summed E-state index contributed by atoms with van der Waals surface area (Å²) >= 11 is 3.29. The highest BCUT2D eigenvalue weighted by atomic mass is 79.9. The predicted molar refractivity (Wildman–Crippen MR) is 125 cm³/mol. The molecule has 1 aromatic heterocycles. The lowest BCUT2D eigenvalue weighted by atomic mass is 10.1. The maximum absolute atomic E-state index is 13.9. The molecule has 0 bridgehead atoms. The zero-order valence-electron chi connectivity index (χ0n) is 18.5. The van der Waals surface area contributed by atoms with Crippen molar-refractivity contribution in [1.29, 1.82) is 0 Å². The first-order valence-electron chi connectivity index (χ1n) is 10.2. The van der Waals surface area contributed by atoms with Gasteiger partial charge in [-0.15, -0.1) is 0 Å². The van der Waals surface area contributed by atoms with Gasteiger partial charge in [-0.25, -0.2) is 13.6 Å². The minimum atomic E-state index is -0.710. The molecule has 6 nitrogen and oxygen atoms in total. The standard InChI is InChI=1S/C24H24BrF2N3O3/c1-15-9-21(33-14-18-7-8-19(26)11-20(18)27)22(25)23(31)30(15)13-17-6-4-5-16(10-17)12-28-24(32)29(2)3/h4-11H,12-14H2,1-3H3,(H,28,32). The molecule has 3 aromatic rings. The van der Waals surface area contributed by atoms with Gasteiger partial charge in [-0.05, 0) is 46.1 Å². The molecule has 0 radical (unpaired) electrons. The molecule has 1 N–H and O–H groups in total. The lowest BCUT2D eigenvalue weighted by Crippen LogP contribution is -2.33. The van der Waals surface area contributed by atoms with Crippen molar-refractivity contribution in [3.63, 3.8) is 0 Å². The minimum Gasteiger partial charge on any atom is -0.487 e. The summed E-state index contributed by atoms with van der Waals surface area (Å²) in [5.41, 5.74) is 2.35. The van der Waals surface area contributed by atoms with E-state index in [1.165, 1.54) is 11.0 Å². The number of nitrogens with zero attached hydrogens (tertiary/aromatic N) is 2. The maximum Gasteiger partial charge on any atom is 0.317 e. The summed E-state index contributed by atoms with van der Waals surface area (Å²) in [6.07, 6.45) is 0. The van der Waals surface area contributed by atoms with Gasteiger partial charge in [0.15, 0.2) is 0 Å². The number of halogens is 3. The molecule has 0 atom stereocenters. The van der Waals surface area contributed by atoms with Crippen LogP contribution in [0.15, 0.2) is 57.8 Å². The van der Waals surface area contributed by atoms with Gasteiger partial charge in [-0.1, -0.05) is 24.3 Å². The third-order valence-electron chi connectivity index (χ3n) is 5.00. The van der Waals surface area contributed by atoms with Gasteiger partial charge in [0.2, 0.25) is 0 Å². The fourth-order valence-corrected chi connectivity index (χ4v) is 3.61. The highest BCUT2D eigenvalue weighted by Crippen LogP contribution is 2.24. The monoisotopic (exact) mass is 519 g/mol. The van der Waals surface area contributed by atoms with Crippen LogP contribution in [-0.2, 0) is 19.7 Å². The van der Waals surface area contributed by atoms with Gasteiger partial charge in [0, 0.05) is 44.0 Å². The highest BCUT2D eigenvalue weighted by Gasteiger charge is 2.14. The molecule has 0 unspecified atom stereocenters. The minimum absolute atomic E-state index is 0.145. The van der Waals surface area contributed by atoms with Crippen LogP contribution >= 0.6 is 15.9 Å². The Morgan fingerprint density at radius 2 is 1.85 bits per heavy atom. The Hall–Kier alpha value is -3.20. The molecule has 0 aliphatic heterocycles. The Bertz CT molecular complexity index is 1230. The van der Waals surface area contributed by atoms with Crippen LogP contribution in [0.1, 0.15) is 22.4 Å². The molecule has 0 saturated heterocycles.